The Labute approximate surface area is 238 Å². The first kappa shape index (κ1) is 30.5. The molecule has 0 aliphatic rings. The van der Waals surface area contributed by atoms with Gasteiger partial charge in [0.1, 0.15) is 0 Å². The smallest absolute Gasteiger partial charge is 0.384 e. The van der Waals surface area contributed by atoms with Crippen LogP contribution in [-0.2, 0) is 18.9 Å². The normalized spacial score (nSPS) is 12.6. The van der Waals surface area contributed by atoms with Gasteiger partial charge in [-0.2, -0.15) is 4.57 Å². The number of nitrogens with one attached hydrogen (secondary N) is 3. The highest BCUT2D eigenvalue weighted by Gasteiger charge is 2.36. The Bertz CT molecular complexity index is 1350. The second-order valence-corrected chi connectivity index (χ2v) is 9.62. The minimum Gasteiger partial charge on any atom is -0.384 e. The molecule has 41 heavy (non-hydrogen) atoms. The number of para-hydroxylation sites is 6. The van der Waals surface area contributed by atoms with Crippen LogP contribution in [0.5, 0.6) is 17.2 Å². The molecule has 0 saturated heterocycles. The van der Waals surface area contributed by atoms with Gasteiger partial charge >= 0.3 is 7.82 Å². The number of hydrogen-bond donors (Lipinski definition) is 3. The average Bonchev–Trinajstić information content (AvgIpc) is 2.92. The zero-order valence-corrected chi connectivity index (χ0v) is 23.6. The Morgan fingerprint density at radius 1 is 0.537 bits per heavy atom. The maximum atomic E-state index is 14.4. The van der Waals surface area contributed by atoms with E-state index in [4.69, 9.17) is 13.6 Å². The van der Waals surface area contributed by atoms with Crippen molar-refractivity contribution in [2.75, 3.05) is 16.0 Å². The Balaban J connectivity index is 2.06. The molecule has 0 atom stereocenters. The van der Waals surface area contributed by atoms with Crippen molar-refractivity contribution in [3.63, 3.8) is 0 Å². The molecule has 3 amide bonds. The lowest BCUT2D eigenvalue weighted by atomic mass is 10.3. The minimum atomic E-state index is -4.65. The summed E-state index contributed by atoms with van der Waals surface area (Å²) >= 11 is 0. The molecule has 0 aliphatic carbocycles. The lowest BCUT2D eigenvalue weighted by Crippen LogP contribution is -2.14. The summed E-state index contributed by atoms with van der Waals surface area (Å²) in [5.41, 5.74) is 0.604. The molecular formula is C30H30N3O7P. The van der Waals surface area contributed by atoms with Crippen LogP contribution in [0.25, 0.3) is 0 Å². The molecule has 0 unspecified atom stereocenters. The molecule has 0 aromatic heterocycles. The number of anilines is 3. The number of carbonyl (C=O) groups excluding carboxylic acids is 3. The lowest BCUT2D eigenvalue weighted by Gasteiger charge is -2.23. The van der Waals surface area contributed by atoms with Crippen molar-refractivity contribution in [2.24, 2.45) is 0 Å². The van der Waals surface area contributed by atoms with E-state index in [1.54, 1.807) is 93.6 Å². The van der Waals surface area contributed by atoms with Gasteiger partial charge in [0.05, 0.1) is 17.1 Å². The first-order valence-corrected chi connectivity index (χ1v) is 14.0. The van der Waals surface area contributed by atoms with Crippen molar-refractivity contribution >= 4 is 42.6 Å². The SMILES string of the molecule is CC=CC(=O)Nc1ccccc1OP(=O)(Oc1ccccc1NC(=O)C=CC)Oc1ccccc1NC(=O)C=CC. The summed E-state index contributed by atoms with van der Waals surface area (Å²) in [4.78, 5) is 36.7. The van der Waals surface area contributed by atoms with Gasteiger partial charge in [-0.05, 0) is 75.4 Å². The molecule has 212 valence electrons. The average molecular weight is 576 g/mol. The summed E-state index contributed by atoms with van der Waals surface area (Å²) in [6.07, 6.45) is 8.64. The summed E-state index contributed by atoms with van der Waals surface area (Å²) in [5, 5.41) is 7.96. The molecular weight excluding hydrogens is 545 g/mol. The Kier molecular flexibility index (Phi) is 11.1. The zero-order chi connectivity index (χ0) is 29.7. The maximum absolute atomic E-state index is 14.4. The number of phosphoric acid groups is 1. The number of allylic oxidation sites excluding steroid dienone is 3. The molecule has 3 rings (SSSR count). The fraction of sp³-hybridized carbons (Fsp3) is 0.100. The Hall–Kier alpha value is -5.08. The molecule has 0 spiro atoms. The molecule has 10 nitrogen and oxygen atoms in total. The second-order valence-electron chi connectivity index (χ2n) is 8.18. The van der Waals surface area contributed by atoms with Crippen LogP contribution in [0.4, 0.5) is 17.1 Å². The first-order chi connectivity index (χ1) is 19.8. The van der Waals surface area contributed by atoms with E-state index in [1.807, 2.05) is 0 Å². The third-order valence-electron chi connectivity index (χ3n) is 5.02. The highest BCUT2D eigenvalue weighted by molar-refractivity contribution is 7.49. The molecule has 3 aromatic rings. The van der Waals surface area contributed by atoms with Gasteiger partial charge in [-0.1, -0.05) is 54.6 Å². The van der Waals surface area contributed by atoms with Gasteiger partial charge in [-0.25, -0.2) is 0 Å². The Morgan fingerprint density at radius 2 is 0.805 bits per heavy atom. The van der Waals surface area contributed by atoms with Crippen LogP contribution in [0.1, 0.15) is 20.8 Å². The molecule has 11 heteroatoms. The standard InChI is InChI=1S/C30H30N3O7P/c1-4-13-28(34)31-22-16-7-10-19-25(22)38-41(37,39-26-20-11-8-17-23(26)32-29(35)14-5-2)40-27-21-12-9-18-24(27)33-30(36)15-6-3/h4-21H,1-3H3,(H,31,34)(H,32,35)(H,33,36). The minimum absolute atomic E-state index is 0.0143. The monoisotopic (exact) mass is 575 g/mol. The largest absolute Gasteiger partial charge is 0.647 e. The summed E-state index contributed by atoms with van der Waals surface area (Å²) in [6.45, 7) is 5.07. The van der Waals surface area contributed by atoms with Crippen LogP contribution in [0.15, 0.2) is 109 Å². The van der Waals surface area contributed by atoms with Gasteiger partial charge in [0.25, 0.3) is 0 Å². The number of amides is 3. The van der Waals surface area contributed by atoms with Crippen molar-refractivity contribution in [1.29, 1.82) is 0 Å². The van der Waals surface area contributed by atoms with E-state index in [0.29, 0.717) is 0 Å². The fourth-order valence-corrected chi connectivity index (χ4v) is 4.66. The van der Waals surface area contributed by atoms with Crippen molar-refractivity contribution < 1.29 is 32.5 Å². The van der Waals surface area contributed by atoms with Crippen LogP contribution in [-0.4, -0.2) is 17.7 Å². The van der Waals surface area contributed by atoms with Crippen LogP contribution in [0, 0.1) is 0 Å². The number of phosphoric ester groups is 1. The van der Waals surface area contributed by atoms with Crippen molar-refractivity contribution in [3.05, 3.63) is 109 Å². The van der Waals surface area contributed by atoms with E-state index in [-0.39, 0.29) is 34.3 Å². The maximum Gasteiger partial charge on any atom is 0.647 e. The van der Waals surface area contributed by atoms with Crippen molar-refractivity contribution in [2.45, 2.75) is 20.8 Å². The van der Waals surface area contributed by atoms with Crippen LogP contribution in [0.3, 0.4) is 0 Å². The first-order valence-electron chi connectivity index (χ1n) is 12.5. The van der Waals surface area contributed by atoms with Gasteiger partial charge < -0.3 is 29.5 Å². The van der Waals surface area contributed by atoms with E-state index in [9.17, 15) is 18.9 Å². The van der Waals surface area contributed by atoms with E-state index < -0.39 is 25.5 Å². The Morgan fingerprint density at radius 3 is 1.07 bits per heavy atom. The predicted octanol–water partition coefficient (Wildman–Crippen LogP) is 6.88. The molecule has 0 aliphatic heterocycles. The van der Waals surface area contributed by atoms with Crippen LogP contribution >= 0.6 is 7.82 Å². The number of rotatable bonds is 12. The van der Waals surface area contributed by atoms with E-state index in [1.165, 1.54) is 36.4 Å². The third kappa shape index (κ3) is 9.26. The molecule has 0 saturated carbocycles. The quantitative estimate of drug-likeness (QED) is 0.158. The zero-order valence-electron chi connectivity index (χ0n) is 22.7. The predicted molar refractivity (Wildman–Crippen MR) is 159 cm³/mol. The molecule has 0 heterocycles. The molecule has 3 N–H and O–H groups in total. The van der Waals surface area contributed by atoms with E-state index in [0.717, 1.165) is 0 Å². The summed E-state index contributed by atoms with van der Waals surface area (Å²) < 4.78 is 31.9. The highest BCUT2D eigenvalue weighted by atomic mass is 31.2. The number of benzene rings is 3. The van der Waals surface area contributed by atoms with Gasteiger partial charge in [-0.15, -0.1) is 0 Å². The summed E-state index contributed by atoms with van der Waals surface area (Å²) in [5.74, 6) is -1.35. The molecule has 3 aromatic carbocycles. The second kappa shape index (κ2) is 14.9. The fourth-order valence-electron chi connectivity index (χ4n) is 3.34. The van der Waals surface area contributed by atoms with Crippen molar-refractivity contribution in [1.82, 2.24) is 0 Å². The summed E-state index contributed by atoms with van der Waals surface area (Å²) in [6, 6.07) is 18.9. The number of hydrogen-bond acceptors (Lipinski definition) is 7. The summed E-state index contributed by atoms with van der Waals surface area (Å²) in [7, 11) is -4.65. The van der Waals surface area contributed by atoms with Gasteiger partial charge in [0.15, 0.2) is 17.2 Å². The lowest BCUT2D eigenvalue weighted by molar-refractivity contribution is -0.112. The van der Waals surface area contributed by atoms with E-state index >= 15 is 0 Å². The van der Waals surface area contributed by atoms with Crippen LogP contribution in [0.2, 0.25) is 0 Å². The van der Waals surface area contributed by atoms with Gasteiger partial charge in [0.2, 0.25) is 17.7 Å². The van der Waals surface area contributed by atoms with Crippen molar-refractivity contribution in [3.8, 4) is 17.2 Å². The number of carbonyl (C=O) groups is 3. The van der Waals surface area contributed by atoms with Gasteiger partial charge in [-0.3, -0.25) is 14.4 Å². The third-order valence-corrected chi connectivity index (χ3v) is 6.28. The van der Waals surface area contributed by atoms with E-state index in [2.05, 4.69) is 16.0 Å². The van der Waals surface area contributed by atoms with Gasteiger partial charge in [0, 0.05) is 0 Å². The van der Waals surface area contributed by atoms with Crippen LogP contribution < -0.4 is 29.5 Å². The molecule has 0 fully saturated rings. The topological polar surface area (TPSA) is 132 Å². The highest BCUT2D eigenvalue weighted by Crippen LogP contribution is 2.53. The molecule has 0 radical (unpaired) electrons. The molecule has 0 bridgehead atoms.